The SMILES string of the molecule is C.CNC(=O)c1csc(Nc2ncc3c(n2)-c2ccc(Cl)cc2C(c2c(F)cccc2F)=NC3)n1. The Bertz CT molecular complexity index is 1450. The molecule has 2 N–H and O–H groups in total. The molecule has 5 rings (SSSR count). The van der Waals surface area contributed by atoms with Gasteiger partial charge in [0.15, 0.2) is 5.13 Å². The standard InChI is InChI=1S/C23H15ClF2N6OS.CH4/c1-27-21(33)17-10-34-23(30-17)32-22-29-9-11-8-28-20(18-15(25)3-2-4-16(18)26)14-7-12(24)5-6-13(14)19(11)31-22;/h2-7,9-10H,8H2,1H3,(H,27,33)(H,29,30,31,32);1H4. The monoisotopic (exact) mass is 512 g/mol. The number of fused-ring (bicyclic) bond motifs is 3. The highest BCUT2D eigenvalue weighted by atomic mass is 35.5. The van der Waals surface area contributed by atoms with E-state index in [2.05, 4.69) is 30.6 Å². The number of thiazole rings is 1. The van der Waals surface area contributed by atoms with Crippen LogP contribution in [0.4, 0.5) is 19.9 Å². The van der Waals surface area contributed by atoms with Crippen molar-refractivity contribution in [3.63, 3.8) is 0 Å². The first kappa shape index (κ1) is 24.4. The summed E-state index contributed by atoms with van der Waals surface area (Å²) in [5, 5.41) is 7.96. The molecule has 4 aromatic rings. The lowest BCUT2D eigenvalue weighted by atomic mass is 9.95. The van der Waals surface area contributed by atoms with E-state index >= 15 is 0 Å². The number of carbonyl (C=O) groups is 1. The van der Waals surface area contributed by atoms with Crippen LogP contribution in [0.3, 0.4) is 0 Å². The third kappa shape index (κ3) is 4.62. The van der Waals surface area contributed by atoms with Gasteiger partial charge in [0.1, 0.15) is 17.3 Å². The molecule has 0 bridgehead atoms. The number of aromatic nitrogens is 3. The zero-order valence-corrected chi connectivity index (χ0v) is 19.1. The van der Waals surface area contributed by atoms with Gasteiger partial charge >= 0.3 is 0 Å². The Balaban J connectivity index is 0.00000289. The summed E-state index contributed by atoms with van der Waals surface area (Å²) in [5.74, 6) is -1.50. The summed E-state index contributed by atoms with van der Waals surface area (Å²) in [4.78, 5) is 29.5. The fourth-order valence-corrected chi connectivity index (χ4v) is 4.44. The van der Waals surface area contributed by atoms with Crippen LogP contribution in [0.15, 0.2) is 53.0 Å². The predicted molar refractivity (Wildman–Crippen MR) is 134 cm³/mol. The van der Waals surface area contributed by atoms with E-state index in [-0.39, 0.29) is 42.8 Å². The Morgan fingerprint density at radius 2 is 1.89 bits per heavy atom. The van der Waals surface area contributed by atoms with Crippen molar-refractivity contribution < 1.29 is 13.6 Å². The van der Waals surface area contributed by atoms with Crippen molar-refractivity contribution in [1.82, 2.24) is 20.3 Å². The number of carbonyl (C=O) groups excluding carboxylic acids is 1. The molecule has 0 atom stereocenters. The van der Waals surface area contributed by atoms with Crippen LogP contribution < -0.4 is 10.6 Å². The summed E-state index contributed by atoms with van der Waals surface area (Å²) in [7, 11) is 1.53. The van der Waals surface area contributed by atoms with Crippen LogP contribution in [-0.4, -0.2) is 33.6 Å². The minimum Gasteiger partial charge on any atom is -0.354 e. The van der Waals surface area contributed by atoms with Crippen molar-refractivity contribution in [2.75, 3.05) is 12.4 Å². The van der Waals surface area contributed by atoms with Crippen LogP contribution in [0, 0.1) is 11.6 Å². The highest BCUT2D eigenvalue weighted by Gasteiger charge is 2.25. The van der Waals surface area contributed by atoms with E-state index < -0.39 is 11.6 Å². The topological polar surface area (TPSA) is 92.2 Å². The largest absolute Gasteiger partial charge is 0.354 e. The van der Waals surface area contributed by atoms with Gasteiger partial charge in [-0.25, -0.2) is 23.7 Å². The van der Waals surface area contributed by atoms with Crippen LogP contribution in [0.1, 0.15) is 34.6 Å². The Morgan fingerprint density at radius 3 is 2.63 bits per heavy atom. The number of benzene rings is 2. The van der Waals surface area contributed by atoms with Gasteiger partial charge in [-0.05, 0) is 24.3 Å². The number of amides is 1. The van der Waals surface area contributed by atoms with Crippen LogP contribution in [0.2, 0.25) is 5.02 Å². The summed E-state index contributed by atoms with van der Waals surface area (Å²) < 4.78 is 29.3. The third-order valence-electron chi connectivity index (χ3n) is 5.15. The van der Waals surface area contributed by atoms with Gasteiger partial charge in [-0.2, -0.15) is 0 Å². The quantitative estimate of drug-likeness (QED) is 0.370. The molecule has 0 saturated carbocycles. The molecule has 0 fully saturated rings. The molecule has 0 aliphatic carbocycles. The summed E-state index contributed by atoms with van der Waals surface area (Å²) in [6.07, 6.45) is 1.60. The zero-order valence-electron chi connectivity index (χ0n) is 17.6. The highest BCUT2D eigenvalue weighted by Crippen LogP contribution is 2.34. The van der Waals surface area contributed by atoms with Gasteiger partial charge in [0, 0.05) is 40.3 Å². The molecule has 35 heavy (non-hydrogen) atoms. The number of nitrogens with zero attached hydrogens (tertiary/aromatic N) is 4. The second-order valence-electron chi connectivity index (χ2n) is 7.26. The lowest BCUT2D eigenvalue weighted by Crippen LogP contribution is -2.18. The van der Waals surface area contributed by atoms with Crippen molar-refractivity contribution in [2.45, 2.75) is 14.0 Å². The Morgan fingerprint density at radius 1 is 1.11 bits per heavy atom. The lowest BCUT2D eigenvalue weighted by Gasteiger charge is -2.13. The lowest BCUT2D eigenvalue weighted by molar-refractivity contribution is 0.0959. The minimum atomic E-state index is -0.722. The molecule has 11 heteroatoms. The van der Waals surface area contributed by atoms with Crippen molar-refractivity contribution >= 4 is 45.6 Å². The smallest absolute Gasteiger partial charge is 0.270 e. The zero-order chi connectivity index (χ0) is 23.8. The van der Waals surface area contributed by atoms with Crippen molar-refractivity contribution in [2.24, 2.45) is 4.99 Å². The average Bonchev–Trinajstić information content (AvgIpc) is 3.23. The van der Waals surface area contributed by atoms with Gasteiger partial charge < -0.3 is 10.6 Å². The molecule has 2 aromatic heterocycles. The van der Waals surface area contributed by atoms with Gasteiger partial charge in [0.2, 0.25) is 5.95 Å². The van der Waals surface area contributed by atoms with Gasteiger partial charge in [0.05, 0.1) is 23.5 Å². The molecule has 3 heterocycles. The molecule has 1 aliphatic rings. The average molecular weight is 513 g/mol. The van der Waals surface area contributed by atoms with E-state index in [9.17, 15) is 13.6 Å². The second kappa shape index (κ2) is 9.85. The molecule has 1 aliphatic heterocycles. The van der Waals surface area contributed by atoms with E-state index in [1.807, 2.05) is 0 Å². The minimum absolute atomic E-state index is 0. The highest BCUT2D eigenvalue weighted by molar-refractivity contribution is 7.14. The maximum absolute atomic E-state index is 14.7. The number of anilines is 2. The van der Waals surface area contributed by atoms with Crippen LogP contribution in [0.25, 0.3) is 11.3 Å². The Kier molecular flexibility index (Phi) is 6.86. The number of aliphatic imine (C=N–C) groups is 1. The molecule has 2 aromatic carbocycles. The van der Waals surface area contributed by atoms with Gasteiger partial charge in [-0.3, -0.25) is 9.79 Å². The Hall–Kier alpha value is -3.76. The van der Waals surface area contributed by atoms with Crippen LogP contribution in [-0.2, 0) is 6.54 Å². The number of nitrogens with one attached hydrogen (secondary N) is 2. The number of rotatable bonds is 4. The summed E-state index contributed by atoms with van der Waals surface area (Å²) >= 11 is 7.47. The van der Waals surface area contributed by atoms with Crippen molar-refractivity contribution in [1.29, 1.82) is 0 Å². The molecule has 1 amide bonds. The van der Waals surface area contributed by atoms with E-state index in [1.54, 1.807) is 29.8 Å². The van der Waals surface area contributed by atoms with Gasteiger partial charge in [0.25, 0.3) is 5.91 Å². The van der Waals surface area contributed by atoms with E-state index in [1.165, 1.54) is 36.6 Å². The molecule has 0 saturated heterocycles. The summed E-state index contributed by atoms with van der Waals surface area (Å²) in [6, 6.07) is 8.70. The molecule has 0 radical (unpaired) electrons. The Labute approximate surface area is 209 Å². The molecule has 0 unspecified atom stereocenters. The predicted octanol–water partition coefficient (Wildman–Crippen LogP) is 5.62. The molecule has 0 spiro atoms. The molecular formula is C24H19ClF2N6OS. The first-order valence-corrected chi connectivity index (χ1v) is 11.3. The fraction of sp³-hybridized carbons (Fsp3) is 0.125. The van der Waals surface area contributed by atoms with Crippen LogP contribution >= 0.6 is 22.9 Å². The normalized spacial score (nSPS) is 11.9. The molecule has 7 nitrogen and oxygen atoms in total. The second-order valence-corrected chi connectivity index (χ2v) is 8.56. The fourth-order valence-electron chi connectivity index (χ4n) is 3.58. The number of hydrogen-bond donors (Lipinski definition) is 2. The first-order chi connectivity index (χ1) is 16.4. The summed E-state index contributed by atoms with van der Waals surface area (Å²) in [5.41, 5.74) is 2.47. The number of halogens is 3. The maximum atomic E-state index is 14.7. The van der Waals surface area contributed by atoms with E-state index in [4.69, 9.17) is 11.6 Å². The van der Waals surface area contributed by atoms with E-state index in [0.29, 0.717) is 32.5 Å². The van der Waals surface area contributed by atoms with Gasteiger partial charge in [-0.15, -0.1) is 11.3 Å². The summed E-state index contributed by atoms with van der Waals surface area (Å²) in [6.45, 7) is 0.114. The van der Waals surface area contributed by atoms with E-state index in [0.717, 1.165) is 0 Å². The maximum Gasteiger partial charge on any atom is 0.270 e. The first-order valence-electron chi connectivity index (χ1n) is 10.0. The van der Waals surface area contributed by atoms with Gasteiger partial charge in [-0.1, -0.05) is 31.2 Å². The van der Waals surface area contributed by atoms with Crippen LogP contribution in [0.5, 0.6) is 0 Å². The number of hydrogen-bond acceptors (Lipinski definition) is 7. The van der Waals surface area contributed by atoms with Crippen molar-refractivity contribution in [3.05, 3.63) is 87.0 Å². The van der Waals surface area contributed by atoms with Crippen molar-refractivity contribution in [3.8, 4) is 11.3 Å². The third-order valence-corrected chi connectivity index (χ3v) is 6.14. The molecular weight excluding hydrogens is 494 g/mol. The molecule has 178 valence electrons.